The number of fused-ring (bicyclic) bond motifs is 3. The molecule has 0 unspecified atom stereocenters. The van der Waals surface area contributed by atoms with E-state index in [9.17, 15) is 8.42 Å². The van der Waals surface area contributed by atoms with E-state index in [-0.39, 0.29) is 5.75 Å². The Morgan fingerprint density at radius 2 is 1.18 bits per heavy atom. The van der Waals surface area contributed by atoms with E-state index in [1.807, 2.05) is 24.3 Å². The molecule has 0 spiro atoms. The lowest BCUT2D eigenvalue weighted by Gasteiger charge is -2.34. The predicted molar refractivity (Wildman–Crippen MR) is 176 cm³/mol. The van der Waals surface area contributed by atoms with Gasteiger partial charge in [-0.3, -0.25) is 4.55 Å². The summed E-state index contributed by atoms with van der Waals surface area (Å²) >= 11 is 1.05. The van der Waals surface area contributed by atoms with Crippen LogP contribution in [0.4, 0.5) is 0 Å². The molecular formula is C35H38O8S2. The molecule has 1 aliphatic rings. The zero-order chi connectivity index (χ0) is 31.9. The van der Waals surface area contributed by atoms with Crippen molar-refractivity contribution in [3.05, 3.63) is 118 Å². The topological polar surface area (TPSA) is 112 Å². The summed E-state index contributed by atoms with van der Waals surface area (Å²) in [6.07, 6.45) is 2.54. The van der Waals surface area contributed by atoms with Crippen LogP contribution < -0.4 is 9.47 Å². The number of ether oxygens (including phenoxy) is 2. The summed E-state index contributed by atoms with van der Waals surface area (Å²) in [6, 6.07) is 29.9. The van der Waals surface area contributed by atoms with Crippen molar-refractivity contribution in [2.75, 3.05) is 24.7 Å². The Bertz CT molecular complexity index is 1630. The maximum absolute atomic E-state index is 11.0. The van der Waals surface area contributed by atoms with Gasteiger partial charge in [0.25, 0.3) is 10.1 Å². The van der Waals surface area contributed by atoms with Gasteiger partial charge >= 0.3 is 0 Å². The SMILES string of the molecule is Cc1ccc2c(c1)C(c1ccc(OCCCCSOOO)cc1)(c1ccc(OCCCCS(=O)(=O)O)cc1)c1cc(C)ccc1-2. The predicted octanol–water partition coefficient (Wildman–Crippen LogP) is 7.94. The highest BCUT2D eigenvalue weighted by atomic mass is 32.2. The smallest absolute Gasteiger partial charge is 0.264 e. The maximum atomic E-state index is 11.0. The molecule has 0 atom stereocenters. The van der Waals surface area contributed by atoms with Crippen molar-refractivity contribution >= 4 is 22.2 Å². The van der Waals surface area contributed by atoms with Crippen LogP contribution in [0, 0.1) is 13.8 Å². The first-order chi connectivity index (χ1) is 21.7. The second-order valence-electron chi connectivity index (χ2n) is 11.3. The van der Waals surface area contributed by atoms with Crippen molar-refractivity contribution in [3.63, 3.8) is 0 Å². The third-order valence-corrected chi connectivity index (χ3v) is 9.47. The molecule has 0 aromatic heterocycles. The summed E-state index contributed by atoms with van der Waals surface area (Å²) in [6.45, 7) is 5.16. The van der Waals surface area contributed by atoms with Gasteiger partial charge in [-0.05, 0) is 97.2 Å². The molecule has 238 valence electrons. The third kappa shape index (κ3) is 7.71. The zero-order valence-electron chi connectivity index (χ0n) is 25.4. The lowest BCUT2D eigenvalue weighted by atomic mass is 9.67. The normalized spacial score (nSPS) is 13.3. The van der Waals surface area contributed by atoms with E-state index >= 15 is 0 Å². The number of rotatable bonds is 16. The summed E-state index contributed by atoms with van der Waals surface area (Å²) in [4.78, 5) is 0. The average Bonchev–Trinajstić information content (AvgIpc) is 3.29. The van der Waals surface area contributed by atoms with E-state index in [1.165, 1.54) is 33.4 Å². The van der Waals surface area contributed by atoms with E-state index in [1.54, 1.807) is 0 Å². The Morgan fingerprint density at radius 3 is 1.64 bits per heavy atom. The molecule has 4 aromatic rings. The molecule has 0 heterocycles. The average molecular weight is 651 g/mol. The highest BCUT2D eigenvalue weighted by Crippen LogP contribution is 2.56. The van der Waals surface area contributed by atoms with E-state index in [0.29, 0.717) is 37.6 Å². The van der Waals surface area contributed by atoms with Gasteiger partial charge in [0, 0.05) is 17.8 Å². The van der Waals surface area contributed by atoms with Crippen molar-refractivity contribution in [3.8, 4) is 22.6 Å². The minimum atomic E-state index is -3.96. The summed E-state index contributed by atoms with van der Waals surface area (Å²) in [5, 5.41) is 11.8. The quantitative estimate of drug-likeness (QED) is 0.0361. The minimum Gasteiger partial charge on any atom is -0.494 e. The Kier molecular flexibility index (Phi) is 10.9. The highest BCUT2D eigenvalue weighted by Gasteiger charge is 2.46. The molecule has 0 bridgehead atoms. The van der Waals surface area contributed by atoms with Gasteiger partial charge in [0.2, 0.25) is 0 Å². The number of benzene rings is 4. The Labute approximate surface area is 269 Å². The van der Waals surface area contributed by atoms with Crippen LogP contribution in [0.1, 0.15) is 59.1 Å². The van der Waals surface area contributed by atoms with Crippen molar-refractivity contribution in [1.82, 2.24) is 0 Å². The molecule has 10 heteroatoms. The second kappa shape index (κ2) is 14.8. The van der Waals surface area contributed by atoms with Crippen LogP contribution in [-0.4, -0.2) is 42.9 Å². The van der Waals surface area contributed by atoms with Gasteiger partial charge in [-0.1, -0.05) is 76.8 Å². The van der Waals surface area contributed by atoms with Gasteiger partial charge in [0.05, 0.1) is 24.4 Å². The first-order valence-electron chi connectivity index (χ1n) is 15.0. The monoisotopic (exact) mass is 650 g/mol. The van der Waals surface area contributed by atoms with E-state index < -0.39 is 15.5 Å². The van der Waals surface area contributed by atoms with Gasteiger partial charge in [0.1, 0.15) is 11.5 Å². The fourth-order valence-electron chi connectivity index (χ4n) is 6.03. The maximum Gasteiger partial charge on any atom is 0.264 e. The van der Waals surface area contributed by atoms with Crippen LogP contribution in [0.5, 0.6) is 11.5 Å². The fourth-order valence-corrected chi connectivity index (χ4v) is 7.03. The van der Waals surface area contributed by atoms with Crippen molar-refractivity contribution in [1.29, 1.82) is 0 Å². The van der Waals surface area contributed by atoms with Gasteiger partial charge < -0.3 is 9.47 Å². The summed E-state index contributed by atoms with van der Waals surface area (Å²) < 4.78 is 47.4. The van der Waals surface area contributed by atoms with E-state index in [2.05, 4.69) is 83.9 Å². The zero-order valence-corrected chi connectivity index (χ0v) is 27.0. The van der Waals surface area contributed by atoms with E-state index in [4.69, 9.17) is 19.3 Å². The third-order valence-electron chi connectivity index (χ3n) is 8.06. The van der Waals surface area contributed by atoms with Crippen LogP contribution in [0.2, 0.25) is 0 Å². The number of unbranched alkanes of at least 4 members (excludes halogenated alkanes) is 2. The highest BCUT2D eigenvalue weighted by molar-refractivity contribution is 7.94. The summed E-state index contributed by atoms with van der Waals surface area (Å²) in [5.74, 6) is 1.90. The van der Waals surface area contributed by atoms with E-state index in [0.717, 1.165) is 41.8 Å². The fraction of sp³-hybridized carbons (Fsp3) is 0.314. The number of hydrogen-bond acceptors (Lipinski definition) is 8. The van der Waals surface area contributed by atoms with Crippen LogP contribution in [0.25, 0.3) is 11.1 Å². The van der Waals surface area contributed by atoms with Crippen LogP contribution in [0.3, 0.4) is 0 Å². The van der Waals surface area contributed by atoms with Crippen molar-refractivity contribution in [2.45, 2.75) is 44.9 Å². The molecule has 0 radical (unpaired) electrons. The molecule has 0 saturated heterocycles. The first kappa shape index (κ1) is 33.0. The van der Waals surface area contributed by atoms with Crippen LogP contribution in [-0.2, 0) is 24.9 Å². The molecule has 5 rings (SSSR count). The van der Waals surface area contributed by atoms with Gasteiger partial charge in [-0.2, -0.15) is 8.42 Å². The van der Waals surface area contributed by atoms with Gasteiger partial charge in [-0.25, -0.2) is 5.26 Å². The van der Waals surface area contributed by atoms with Crippen molar-refractivity contribution < 1.29 is 37.1 Å². The molecule has 8 nitrogen and oxygen atoms in total. The molecule has 4 aromatic carbocycles. The second-order valence-corrected chi connectivity index (χ2v) is 13.6. The van der Waals surface area contributed by atoms with Gasteiger partial charge in [0.15, 0.2) is 0 Å². The minimum absolute atomic E-state index is 0.269. The molecule has 0 amide bonds. The summed E-state index contributed by atoms with van der Waals surface area (Å²) in [7, 11) is -3.96. The van der Waals surface area contributed by atoms with Gasteiger partial charge in [-0.15, -0.1) is 4.33 Å². The number of hydrogen-bond donors (Lipinski definition) is 2. The van der Waals surface area contributed by atoms with Crippen LogP contribution >= 0.6 is 12.0 Å². The standard InChI is InChI=1S/C35H38O8S2/c1-25-7-17-31-32-18-8-26(2)24-34(32)35(33(31)23-25,27-9-13-29(14-10-27)40-19-3-5-21-44-43-42-36)28-11-15-30(16-12-28)41-20-4-6-22-45(37,38)39/h7-18,23-24,36H,3-6,19-22H2,1-2H3,(H,37,38,39). The molecule has 0 saturated carbocycles. The molecular weight excluding hydrogens is 613 g/mol. The number of aryl methyl sites for hydroxylation is 2. The molecule has 0 fully saturated rings. The Hall–Kier alpha value is -3.38. The van der Waals surface area contributed by atoms with Crippen molar-refractivity contribution in [2.24, 2.45) is 0 Å². The molecule has 2 N–H and O–H groups in total. The lowest BCUT2D eigenvalue weighted by Crippen LogP contribution is -2.28. The molecule has 0 aliphatic heterocycles. The Balaban J connectivity index is 1.46. The molecule has 1 aliphatic carbocycles. The molecule has 45 heavy (non-hydrogen) atoms. The first-order valence-corrected chi connectivity index (χ1v) is 17.5. The Morgan fingerprint density at radius 1 is 0.689 bits per heavy atom. The lowest BCUT2D eigenvalue weighted by molar-refractivity contribution is -0.432. The summed E-state index contributed by atoms with van der Waals surface area (Å²) in [5.41, 5.74) is 8.90. The van der Waals surface area contributed by atoms with Crippen LogP contribution in [0.15, 0.2) is 84.9 Å². The largest absolute Gasteiger partial charge is 0.494 e.